The third kappa shape index (κ3) is 3.95. The van der Waals surface area contributed by atoms with E-state index >= 15 is 0 Å². The molecule has 4 heteroatoms. The van der Waals surface area contributed by atoms with Gasteiger partial charge in [-0.05, 0) is 31.9 Å². The molecule has 1 heterocycles. The van der Waals surface area contributed by atoms with Crippen LogP contribution in [-0.2, 0) is 4.74 Å². The standard InChI is InChI=1S/C15H20ClNO2/c1-12-2-4-13(5-3-12)15(18)17-9-6-14(7-10-17)19-11-8-16/h2-5,14H,6-11H2,1H3. The molecule has 0 saturated carbocycles. The minimum absolute atomic E-state index is 0.121. The molecule has 1 amide bonds. The van der Waals surface area contributed by atoms with Crippen LogP contribution in [0, 0.1) is 6.92 Å². The first-order valence-corrected chi connectivity index (χ1v) is 7.27. The average Bonchev–Trinajstić information content (AvgIpc) is 2.46. The number of ether oxygens (including phenoxy) is 1. The number of halogens is 1. The Morgan fingerprint density at radius 3 is 2.53 bits per heavy atom. The Labute approximate surface area is 119 Å². The van der Waals surface area contributed by atoms with Gasteiger partial charge in [0.05, 0.1) is 12.7 Å². The fourth-order valence-corrected chi connectivity index (χ4v) is 2.40. The van der Waals surface area contributed by atoms with Gasteiger partial charge in [0.25, 0.3) is 5.91 Å². The second-order valence-corrected chi connectivity index (χ2v) is 5.30. The van der Waals surface area contributed by atoms with Gasteiger partial charge in [-0.25, -0.2) is 0 Å². The number of rotatable bonds is 4. The fourth-order valence-electron chi connectivity index (χ4n) is 2.32. The number of aryl methyl sites for hydroxylation is 1. The van der Waals surface area contributed by atoms with E-state index < -0.39 is 0 Å². The zero-order valence-electron chi connectivity index (χ0n) is 11.3. The van der Waals surface area contributed by atoms with Crippen LogP contribution in [0.2, 0.25) is 0 Å². The molecule has 0 N–H and O–H groups in total. The number of benzene rings is 1. The van der Waals surface area contributed by atoms with E-state index in [-0.39, 0.29) is 12.0 Å². The van der Waals surface area contributed by atoms with Crippen LogP contribution in [0.15, 0.2) is 24.3 Å². The Balaban J connectivity index is 1.87. The first-order chi connectivity index (χ1) is 9.20. The summed E-state index contributed by atoms with van der Waals surface area (Å²) >= 11 is 5.60. The molecular formula is C15H20ClNO2. The molecular weight excluding hydrogens is 262 g/mol. The molecule has 0 aromatic heterocycles. The lowest BCUT2D eigenvalue weighted by Crippen LogP contribution is -2.41. The van der Waals surface area contributed by atoms with Gasteiger partial charge >= 0.3 is 0 Å². The minimum Gasteiger partial charge on any atom is -0.377 e. The van der Waals surface area contributed by atoms with Crippen molar-refractivity contribution in [3.63, 3.8) is 0 Å². The number of nitrogens with zero attached hydrogens (tertiary/aromatic N) is 1. The van der Waals surface area contributed by atoms with Gasteiger partial charge in [0.2, 0.25) is 0 Å². The quantitative estimate of drug-likeness (QED) is 0.794. The topological polar surface area (TPSA) is 29.5 Å². The Kier molecular flexibility index (Phi) is 5.23. The van der Waals surface area contributed by atoms with Gasteiger partial charge in [0, 0.05) is 24.5 Å². The molecule has 104 valence electrons. The van der Waals surface area contributed by atoms with Crippen molar-refractivity contribution in [3.8, 4) is 0 Å². The molecule has 0 atom stereocenters. The number of likely N-dealkylation sites (tertiary alicyclic amines) is 1. The first-order valence-electron chi connectivity index (χ1n) is 6.74. The third-order valence-electron chi connectivity index (χ3n) is 3.46. The van der Waals surface area contributed by atoms with Gasteiger partial charge in [-0.2, -0.15) is 0 Å². The van der Waals surface area contributed by atoms with Crippen molar-refractivity contribution in [3.05, 3.63) is 35.4 Å². The smallest absolute Gasteiger partial charge is 0.253 e. The van der Waals surface area contributed by atoms with E-state index in [2.05, 4.69) is 0 Å². The van der Waals surface area contributed by atoms with Gasteiger partial charge in [-0.1, -0.05) is 17.7 Å². The molecule has 0 spiro atoms. The van der Waals surface area contributed by atoms with Crippen LogP contribution >= 0.6 is 11.6 Å². The van der Waals surface area contributed by atoms with Crippen LogP contribution in [0.4, 0.5) is 0 Å². The normalized spacial score (nSPS) is 16.6. The molecule has 1 aliphatic rings. The molecule has 1 saturated heterocycles. The van der Waals surface area contributed by atoms with Crippen molar-refractivity contribution in [2.45, 2.75) is 25.9 Å². The largest absolute Gasteiger partial charge is 0.377 e. The maximum absolute atomic E-state index is 12.3. The fraction of sp³-hybridized carbons (Fsp3) is 0.533. The zero-order valence-corrected chi connectivity index (χ0v) is 12.0. The van der Waals surface area contributed by atoms with E-state index in [1.807, 2.05) is 36.1 Å². The molecule has 1 fully saturated rings. The number of amides is 1. The molecule has 3 nitrogen and oxygen atoms in total. The summed E-state index contributed by atoms with van der Waals surface area (Å²) in [6.45, 7) is 4.14. The van der Waals surface area contributed by atoms with Crippen LogP contribution < -0.4 is 0 Å². The SMILES string of the molecule is Cc1ccc(C(=O)N2CCC(OCCCl)CC2)cc1. The molecule has 19 heavy (non-hydrogen) atoms. The van der Waals surface area contributed by atoms with Crippen LogP contribution in [0.1, 0.15) is 28.8 Å². The molecule has 2 rings (SSSR count). The summed E-state index contributed by atoms with van der Waals surface area (Å²) in [5.41, 5.74) is 1.94. The van der Waals surface area contributed by atoms with Gasteiger partial charge in [-0.15, -0.1) is 11.6 Å². The highest BCUT2D eigenvalue weighted by atomic mass is 35.5. The highest BCUT2D eigenvalue weighted by Gasteiger charge is 2.23. The van der Waals surface area contributed by atoms with E-state index in [4.69, 9.17) is 16.3 Å². The van der Waals surface area contributed by atoms with E-state index in [0.29, 0.717) is 12.5 Å². The summed E-state index contributed by atoms with van der Waals surface area (Å²) in [5.74, 6) is 0.651. The molecule has 1 aromatic carbocycles. The lowest BCUT2D eigenvalue weighted by molar-refractivity contribution is 0.0154. The van der Waals surface area contributed by atoms with Crippen LogP contribution in [0.25, 0.3) is 0 Å². The monoisotopic (exact) mass is 281 g/mol. The van der Waals surface area contributed by atoms with Crippen LogP contribution in [0.3, 0.4) is 0 Å². The van der Waals surface area contributed by atoms with E-state index in [1.165, 1.54) is 5.56 Å². The van der Waals surface area contributed by atoms with Crippen molar-refractivity contribution in [1.29, 1.82) is 0 Å². The Morgan fingerprint density at radius 2 is 1.95 bits per heavy atom. The Morgan fingerprint density at radius 1 is 1.32 bits per heavy atom. The number of carbonyl (C=O) groups is 1. The number of hydrogen-bond acceptors (Lipinski definition) is 2. The van der Waals surface area contributed by atoms with E-state index in [1.54, 1.807) is 0 Å². The van der Waals surface area contributed by atoms with E-state index in [0.717, 1.165) is 31.5 Å². The first kappa shape index (κ1) is 14.4. The molecule has 1 aliphatic heterocycles. The van der Waals surface area contributed by atoms with E-state index in [9.17, 15) is 4.79 Å². The lowest BCUT2D eigenvalue weighted by atomic mass is 10.1. The maximum Gasteiger partial charge on any atom is 0.253 e. The Bertz CT molecular complexity index is 411. The van der Waals surface area contributed by atoms with Crippen molar-refractivity contribution in [2.75, 3.05) is 25.6 Å². The Hall–Kier alpha value is -1.06. The maximum atomic E-state index is 12.3. The highest BCUT2D eigenvalue weighted by Crippen LogP contribution is 2.16. The van der Waals surface area contributed by atoms with Gasteiger partial charge in [0.15, 0.2) is 0 Å². The summed E-state index contributed by atoms with van der Waals surface area (Å²) in [6.07, 6.45) is 2.05. The zero-order chi connectivity index (χ0) is 13.7. The van der Waals surface area contributed by atoms with Gasteiger partial charge < -0.3 is 9.64 Å². The summed E-state index contributed by atoms with van der Waals surface area (Å²) in [4.78, 5) is 14.2. The number of hydrogen-bond donors (Lipinski definition) is 0. The summed E-state index contributed by atoms with van der Waals surface area (Å²) in [7, 11) is 0. The predicted molar refractivity (Wildman–Crippen MR) is 76.8 cm³/mol. The third-order valence-corrected chi connectivity index (χ3v) is 3.61. The predicted octanol–water partition coefficient (Wildman–Crippen LogP) is 2.86. The highest BCUT2D eigenvalue weighted by molar-refractivity contribution is 6.17. The van der Waals surface area contributed by atoms with Crippen molar-refractivity contribution in [2.24, 2.45) is 0 Å². The van der Waals surface area contributed by atoms with Crippen molar-refractivity contribution < 1.29 is 9.53 Å². The molecule has 0 unspecified atom stereocenters. The minimum atomic E-state index is 0.121. The average molecular weight is 282 g/mol. The number of piperidine rings is 1. The summed E-state index contributed by atoms with van der Waals surface area (Å²) in [6, 6.07) is 7.74. The number of carbonyl (C=O) groups excluding carboxylic acids is 1. The lowest BCUT2D eigenvalue weighted by Gasteiger charge is -2.32. The van der Waals surface area contributed by atoms with Gasteiger partial charge in [0.1, 0.15) is 0 Å². The van der Waals surface area contributed by atoms with Crippen molar-refractivity contribution >= 4 is 17.5 Å². The summed E-state index contributed by atoms with van der Waals surface area (Å²) in [5, 5.41) is 0. The van der Waals surface area contributed by atoms with Gasteiger partial charge in [-0.3, -0.25) is 4.79 Å². The van der Waals surface area contributed by atoms with Crippen molar-refractivity contribution in [1.82, 2.24) is 4.90 Å². The molecule has 1 aromatic rings. The second kappa shape index (κ2) is 6.92. The number of alkyl halides is 1. The molecule has 0 radical (unpaired) electrons. The molecule has 0 bridgehead atoms. The van der Waals surface area contributed by atoms with Crippen LogP contribution in [0.5, 0.6) is 0 Å². The molecule has 0 aliphatic carbocycles. The summed E-state index contributed by atoms with van der Waals surface area (Å²) < 4.78 is 5.61. The van der Waals surface area contributed by atoms with Crippen LogP contribution in [-0.4, -0.2) is 42.5 Å². The second-order valence-electron chi connectivity index (χ2n) is 4.92.